The van der Waals surface area contributed by atoms with Gasteiger partial charge in [-0.1, -0.05) is 29.3 Å². The molecule has 0 heterocycles. The van der Waals surface area contributed by atoms with Crippen molar-refractivity contribution in [1.29, 1.82) is 0 Å². The molecular weight excluding hydrogens is 253 g/mol. The van der Waals surface area contributed by atoms with Crippen LogP contribution in [0.1, 0.15) is 0 Å². The minimum absolute atomic E-state index is 0.157. The number of para-hydroxylation sites is 1. The minimum Gasteiger partial charge on any atom is -0.448 e. The fourth-order valence-electron chi connectivity index (χ4n) is 0.971. The molecule has 1 amide bonds. The number of halogens is 2. The van der Waals surface area contributed by atoms with Gasteiger partial charge in [-0.25, -0.2) is 10.2 Å². The molecule has 88 valence electrons. The SMILES string of the molecule is NC(=O)OCCNNc1c(Cl)cccc1Cl. The number of hydrogen-bond donors (Lipinski definition) is 3. The van der Waals surface area contributed by atoms with Gasteiger partial charge in [0.2, 0.25) is 0 Å². The van der Waals surface area contributed by atoms with E-state index in [2.05, 4.69) is 15.6 Å². The van der Waals surface area contributed by atoms with Crippen molar-refractivity contribution in [2.75, 3.05) is 18.6 Å². The molecule has 1 aromatic rings. The van der Waals surface area contributed by atoms with Gasteiger partial charge >= 0.3 is 6.09 Å². The molecule has 0 atom stereocenters. The van der Waals surface area contributed by atoms with E-state index in [-0.39, 0.29) is 6.61 Å². The van der Waals surface area contributed by atoms with Crippen LogP contribution in [0.2, 0.25) is 10.0 Å². The molecule has 0 aliphatic heterocycles. The van der Waals surface area contributed by atoms with Crippen LogP contribution in [0.25, 0.3) is 0 Å². The summed E-state index contributed by atoms with van der Waals surface area (Å²) < 4.78 is 4.51. The van der Waals surface area contributed by atoms with Gasteiger partial charge in [0.25, 0.3) is 0 Å². The van der Waals surface area contributed by atoms with Crippen LogP contribution in [0.4, 0.5) is 10.5 Å². The number of rotatable bonds is 5. The molecule has 0 radical (unpaired) electrons. The first-order chi connectivity index (χ1) is 7.61. The second kappa shape index (κ2) is 6.42. The number of benzene rings is 1. The molecule has 1 aromatic carbocycles. The monoisotopic (exact) mass is 263 g/mol. The van der Waals surface area contributed by atoms with Gasteiger partial charge in [-0.2, -0.15) is 0 Å². The third kappa shape index (κ3) is 4.14. The van der Waals surface area contributed by atoms with Crippen LogP contribution < -0.4 is 16.6 Å². The van der Waals surface area contributed by atoms with Crippen LogP contribution in [0.15, 0.2) is 18.2 Å². The second-order valence-corrected chi connectivity index (χ2v) is 3.63. The average Bonchev–Trinajstić information content (AvgIpc) is 2.21. The molecule has 0 bridgehead atoms. The van der Waals surface area contributed by atoms with E-state index >= 15 is 0 Å². The molecule has 7 heteroatoms. The standard InChI is InChI=1S/C9H11Cl2N3O2/c10-6-2-1-3-7(11)8(6)14-13-4-5-16-9(12)15/h1-3,13-14H,4-5H2,(H2,12,15). The van der Waals surface area contributed by atoms with Gasteiger partial charge in [0.05, 0.1) is 15.7 Å². The third-order valence-corrected chi connectivity index (χ3v) is 2.28. The Kier molecular flexibility index (Phi) is 5.18. The van der Waals surface area contributed by atoms with Crippen molar-refractivity contribution in [2.24, 2.45) is 5.73 Å². The van der Waals surface area contributed by atoms with Crippen molar-refractivity contribution < 1.29 is 9.53 Å². The molecule has 0 aliphatic rings. The Hall–Kier alpha value is -1.17. The topological polar surface area (TPSA) is 76.4 Å². The van der Waals surface area contributed by atoms with E-state index in [0.29, 0.717) is 22.3 Å². The second-order valence-electron chi connectivity index (χ2n) is 2.82. The van der Waals surface area contributed by atoms with Crippen molar-refractivity contribution in [1.82, 2.24) is 5.43 Å². The van der Waals surface area contributed by atoms with Crippen LogP contribution in [-0.4, -0.2) is 19.2 Å². The summed E-state index contributed by atoms with van der Waals surface area (Å²) in [5.41, 5.74) is 11.0. The van der Waals surface area contributed by atoms with Crippen molar-refractivity contribution >= 4 is 35.0 Å². The zero-order valence-electron chi connectivity index (χ0n) is 8.30. The lowest BCUT2D eigenvalue weighted by Gasteiger charge is -2.11. The molecule has 0 spiro atoms. The van der Waals surface area contributed by atoms with Gasteiger partial charge in [-0.05, 0) is 12.1 Å². The van der Waals surface area contributed by atoms with Crippen LogP contribution in [-0.2, 0) is 4.74 Å². The first-order valence-corrected chi connectivity index (χ1v) is 5.22. The number of nitrogens with two attached hydrogens (primary N) is 1. The molecule has 1 rings (SSSR count). The number of carbonyl (C=O) groups excluding carboxylic acids is 1. The summed E-state index contributed by atoms with van der Waals surface area (Å²) >= 11 is 11.8. The normalized spacial score (nSPS) is 9.88. The fraction of sp³-hybridized carbons (Fsp3) is 0.222. The first-order valence-electron chi connectivity index (χ1n) is 4.46. The molecule has 16 heavy (non-hydrogen) atoms. The highest BCUT2D eigenvalue weighted by atomic mass is 35.5. The Bertz CT molecular complexity index is 354. The number of ether oxygens (including phenoxy) is 1. The predicted molar refractivity (Wildman–Crippen MR) is 63.6 cm³/mol. The zero-order chi connectivity index (χ0) is 12.0. The smallest absolute Gasteiger partial charge is 0.404 e. The number of anilines is 1. The summed E-state index contributed by atoms with van der Waals surface area (Å²) in [7, 11) is 0. The van der Waals surface area contributed by atoms with E-state index in [4.69, 9.17) is 28.9 Å². The Morgan fingerprint density at radius 3 is 2.56 bits per heavy atom. The van der Waals surface area contributed by atoms with Gasteiger partial charge in [0.1, 0.15) is 6.61 Å². The minimum atomic E-state index is -0.808. The Balaban J connectivity index is 2.34. The van der Waals surface area contributed by atoms with Gasteiger partial charge in [-0.3, -0.25) is 0 Å². The van der Waals surface area contributed by atoms with E-state index in [9.17, 15) is 4.79 Å². The number of primary amides is 1. The number of hydrazine groups is 1. The van der Waals surface area contributed by atoms with Crippen LogP contribution in [0.3, 0.4) is 0 Å². The Morgan fingerprint density at radius 2 is 2.00 bits per heavy atom. The van der Waals surface area contributed by atoms with Crippen LogP contribution in [0, 0.1) is 0 Å². The quantitative estimate of drug-likeness (QED) is 0.561. The highest BCUT2D eigenvalue weighted by Crippen LogP contribution is 2.28. The van der Waals surface area contributed by atoms with Crippen molar-refractivity contribution in [3.05, 3.63) is 28.2 Å². The van der Waals surface area contributed by atoms with E-state index < -0.39 is 6.09 Å². The maximum atomic E-state index is 10.3. The molecule has 0 unspecified atom stereocenters. The van der Waals surface area contributed by atoms with E-state index in [0.717, 1.165) is 0 Å². The predicted octanol–water partition coefficient (Wildman–Crippen LogP) is 2.01. The molecule has 5 nitrogen and oxygen atoms in total. The summed E-state index contributed by atoms with van der Waals surface area (Å²) in [6.07, 6.45) is -0.808. The number of amides is 1. The number of nitrogens with one attached hydrogen (secondary N) is 2. The first kappa shape index (κ1) is 12.9. The van der Waals surface area contributed by atoms with E-state index in [1.165, 1.54) is 0 Å². The summed E-state index contributed by atoms with van der Waals surface area (Å²) in [4.78, 5) is 10.3. The van der Waals surface area contributed by atoms with E-state index in [1.54, 1.807) is 18.2 Å². The molecule has 0 saturated heterocycles. The lowest BCUT2D eigenvalue weighted by molar-refractivity contribution is 0.158. The molecule has 4 N–H and O–H groups in total. The molecular formula is C9H11Cl2N3O2. The van der Waals surface area contributed by atoms with Gasteiger partial charge < -0.3 is 15.9 Å². The van der Waals surface area contributed by atoms with E-state index in [1.807, 2.05) is 0 Å². The maximum Gasteiger partial charge on any atom is 0.404 e. The van der Waals surface area contributed by atoms with Crippen molar-refractivity contribution in [3.63, 3.8) is 0 Å². The van der Waals surface area contributed by atoms with Crippen LogP contribution in [0.5, 0.6) is 0 Å². The summed E-state index contributed by atoms with van der Waals surface area (Å²) in [5.74, 6) is 0. The molecule has 0 aromatic heterocycles. The lowest BCUT2D eigenvalue weighted by atomic mass is 10.3. The summed E-state index contributed by atoms with van der Waals surface area (Å²) in [5, 5.41) is 0.992. The third-order valence-electron chi connectivity index (χ3n) is 1.65. The number of hydrogen-bond acceptors (Lipinski definition) is 4. The zero-order valence-corrected chi connectivity index (χ0v) is 9.81. The summed E-state index contributed by atoms with van der Waals surface area (Å²) in [6, 6.07) is 5.15. The molecule has 0 saturated carbocycles. The number of carbonyl (C=O) groups is 1. The molecule has 0 aliphatic carbocycles. The van der Waals surface area contributed by atoms with Gasteiger partial charge in [-0.15, -0.1) is 0 Å². The van der Waals surface area contributed by atoms with Gasteiger partial charge in [0.15, 0.2) is 0 Å². The highest BCUT2D eigenvalue weighted by Gasteiger charge is 2.03. The van der Waals surface area contributed by atoms with Crippen molar-refractivity contribution in [3.8, 4) is 0 Å². The molecule has 0 fully saturated rings. The maximum absolute atomic E-state index is 10.3. The lowest BCUT2D eigenvalue weighted by Crippen LogP contribution is -2.28. The summed E-state index contributed by atoms with van der Waals surface area (Å²) in [6.45, 7) is 0.537. The van der Waals surface area contributed by atoms with Gasteiger partial charge in [0, 0.05) is 6.54 Å². The average molecular weight is 264 g/mol. The largest absolute Gasteiger partial charge is 0.448 e. The van der Waals surface area contributed by atoms with Crippen molar-refractivity contribution in [2.45, 2.75) is 0 Å². The fourth-order valence-corrected chi connectivity index (χ4v) is 1.46. The van der Waals surface area contributed by atoms with Crippen LogP contribution >= 0.6 is 23.2 Å². The Morgan fingerprint density at radius 1 is 1.38 bits per heavy atom. The highest BCUT2D eigenvalue weighted by molar-refractivity contribution is 6.39. The Labute approximate surface area is 103 Å².